The van der Waals surface area contributed by atoms with Crippen molar-refractivity contribution in [2.75, 3.05) is 5.73 Å². The van der Waals surface area contributed by atoms with Gasteiger partial charge in [-0.15, -0.1) is 0 Å². The predicted octanol–water partition coefficient (Wildman–Crippen LogP) is -1.89. The second-order valence-electron chi connectivity index (χ2n) is 2.21. The Labute approximate surface area is 97.4 Å². The molecule has 0 aliphatic rings. The van der Waals surface area contributed by atoms with Gasteiger partial charge in [0.05, 0.1) is 5.75 Å². The van der Waals surface area contributed by atoms with Crippen LogP contribution in [0.4, 0.5) is 5.69 Å². The number of benzene rings is 1. The molecule has 0 spiro atoms. The van der Waals surface area contributed by atoms with Gasteiger partial charge < -0.3 is 11.7 Å². The number of rotatable bonds is 2. The maximum atomic E-state index is 10.4. The number of anilines is 1. The van der Waals surface area contributed by atoms with Gasteiger partial charge >= 0.3 is 29.6 Å². The van der Waals surface area contributed by atoms with Crippen LogP contribution in [0.25, 0.3) is 0 Å². The first-order chi connectivity index (χ1) is 5.18. The van der Waals surface area contributed by atoms with E-state index in [9.17, 15) is 4.21 Å². The smallest absolute Gasteiger partial charge is 1.00 e. The second-order valence-corrected chi connectivity index (χ2v) is 3.14. The Morgan fingerprint density at radius 1 is 1.58 bits per heavy atom. The normalized spacial score (nSPS) is 11.8. The van der Waals surface area contributed by atoms with Crippen molar-refractivity contribution in [3.63, 3.8) is 0 Å². The summed E-state index contributed by atoms with van der Waals surface area (Å²) < 4.78 is 18.9. The van der Waals surface area contributed by atoms with Crippen LogP contribution in [0.2, 0.25) is 0 Å². The number of hydrogen-bond acceptors (Lipinski definition) is 2. The molecule has 1 aromatic carbocycles. The summed E-state index contributed by atoms with van der Waals surface area (Å²) in [5, 5.41) is 0. The molecule has 0 bridgehead atoms. The molecule has 1 aromatic rings. The van der Waals surface area contributed by atoms with E-state index in [0.717, 1.165) is 5.56 Å². The SMILES string of the molecule is Nc1cccc(CS(=O)O)c1.[H-].[Na+]. The van der Waals surface area contributed by atoms with Gasteiger partial charge in [0, 0.05) is 5.69 Å². The van der Waals surface area contributed by atoms with Gasteiger partial charge in [-0.2, -0.15) is 0 Å². The molecule has 5 heteroatoms. The van der Waals surface area contributed by atoms with E-state index in [-0.39, 0.29) is 36.7 Å². The second kappa shape index (κ2) is 5.72. The molecule has 1 rings (SSSR count). The maximum Gasteiger partial charge on any atom is 1.00 e. The van der Waals surface area contributed by atoms with Crippen molar-refractivity contribution in [3.8, 4) is 0 Å². The zero-order chi connectivity index (χ0) is 8.27. The van der Waals surface area contributed by atoms with E-state index in [1.807, 2.05) is 0 Å². The summed E-state index contributed by atoms with van der Waals surface area (Å²) in [7, 11) is 0. The summed E-state index contributed by atoms with van der Waals surface area (Å²) in [5.41, 5.74) is 6.86. The topological polar surface area (TPSA) is 63.3 Å². The van der Waals surface area contributed by atoms with Crippen molar-refractivity contribution in [1.82, 2.24) is 0 Å². The third kappa shape index (κ3) is 4.23. The molecule has 0 radical (unpaired) electrons. The number of hydrogen-bond donors (Lipinski definition) is 2. The van der Waals surface area contributed by atoms with Gasteiger partial charge in [0.25, 0.3) is 0 Å². The molecular formula is C7H10NNaO2S. The standard InChI is InChI=1S/C7H9NO2S.Na.H/c8-7-3-1-2-6(4-7)5-11(9)10;;/h1-4H,5,8H2,(H,9,10);;/q;+1;-1. The summed E-state index contributed by atoms with van der Waals surface area (Å²) in [4.78, 5) is 0. The van der Waals surface area contributed by atoms with Gasteiger partial charge in [-0.25, -0.2) is 4.21 Å². The maximum absolute atomic E-state index is 10.4. The minimum atomic E-state index is -1.78. The molecule has 0 aliphatic carbocycles. The van der Waals surface area contributed by atoms with Crippen molar-refractivity contribution in [1.29, 1.82) is 0 Å². The Kier molecular flexibility index (Phi) is 5.78. The minimum Gasteiger partial charge on any atom is -1.00 e. The molecule has 3 N–H and O–H groups in total. The monoisotopic (exact) mass is 195 g/mol. The van der Waals surface area contributed by atoms with Crippen LogP contribution in [0.15, 0.2) is 24.3 Å². The van der Waals surface area contributed by atoms with E-state index in [1.54, 1.807) is 24.3 Å². The van der Waals surface area contributed by atoms with Gasteiger partial charge in [0.1, 0.15) is 0 Å². The molecule has 0 saturated carbocycles. The summed E-state index contributed by atoms with van der Waals surface area (Å²) >= 11 is -1.78. The van der Waals surface area contributed by atoms with Crippen LogP contribution in [0.5, 0.6) is 0 Å². The van der Waals surface area contributed by atoms with Crippen LogP contribution in [0, 0.1) is 0 Å². The fraction of sp³-hybridized carbons (Fsp3) is 0.143. The molecular weight excluding hydrogens is 185 g/mol. The first kappa shape index (κ1) is 12.1. The van der Waals surface area contributed by atoms with Crippen LogP contribution >= 0.6 is 0 Å². The van der Waals surface area contributed by atoms with Gasteiger partial charge in [0.15, 0.2) is 11.1 Å². The third-order valence-electron chi connectivity index (χ3n) is 1.24. The van der Waals surface area contributed by atoms with Gasteiger partial charge in [-0.3, -0.25) is 0 Å². The van der Waals surface area contributed by atoms with E-state index in [2.05, 4.69) is 0 Å². The van der Waals surface area contributed by atoms with Crippen LogP contribution in [0.3, 0.4) is 0 Å². The zero-order valence-electron chi connectivity index (χ0n) is 7.86. The van der Waals surface area contributed by atoms with Gasteiger partial charge in [-0.1, -0.05) is 12.1 Å². The molecule has 1 unspecified atom stereocenters. The van der Waals surface area contributed by atoms with E-state index < -0.39 is 11.1 Å². The van der Waals surface area contributed by atoms with Crippen molar-refractivity contribution < 1.29 is 39.7 Å². The Bertz CT molecular complexity index is 285. The third-order valence-corrected chi connectivity index (χ3v) is 1.82. The molecule has 0 saturated heterocycles. The molecule has 0 aromatic heterocycles. The van der Waals surface area contributed by atoms with Gasteiger partial charge in [-0.05, 0) is 17.7 Å². The molecule has 1 atom stereocenters. The molecule has 0 amide bonds. The van der Waals surface area contributed by atoms with E-state index in [1.165, 1.54) is 0 Å². The van der Waals surface area contributed by atoms with Crippen LogP contribution in [-0.4, -0.2) is 8.76 Å². The Morgan fingerprint density at radius 3 is 2.75 bits per heavy atom. The summed E-state index contributed by atoms with van der Waals surface area (Å²) in [5.74, 6) is 0.144. The van der Waals surface area contributed by atoms with E-state index in [0.29, 0.717) is 5.69 Å². The zero-order valence-corrected chi connectivity index (χ0v) is 9.67. The fourth-order valence-corrected chi connectivity index (χ4v) is 1.29. The molecule has 0 heterocycles. The van der Waals surface area contributed by atoms with Crippen LogP contribution < -0.4 is 35.3 Å². The van der Waals surface area contributed by atoms with E-state index >= 15 is 0 Å². The quantitative estimate of drug-likeness (QED) is 0.329. The molecule has 0 fully saturated rings. The van der Waals surface area contributed by atoms with Crippen molar-refractivity contribution in [3.05, 3.63) is 29.8 Å². The molecule has 0 aliphatic heterocycles. The largest absolute Gasteiger partial charge is 1.00 e. The first-order valence-electron chi connectivity index (χ1n) is 3.10. The first-order valence-corrected chi connectivity index (χ1v) is 4.38. The predicted molar refractivity (Wildman–Crippen MR) is 46.4 cm³/mol. The van der Waals surface area contributed by atoms with Crippen molar-refractivity contribution in [2.45, 2.75) is 5.75 Å². The molecule has 3 nitrogen and oxygen atoms in total. The minimum absolute atomic E-state index is 0. The van der Waals surface area contributed by atoms with Crippen LogP contribution in [0.1, 0.15) is 6.99 Å². The Hall–Kier alpha value is 0.130. The fourth-order valence-electron chi connectivity index (χ4n) is 0.825. The average Bonchev–Trinajstić information content (AvgIpc) is 1.85. The summed E-state index contributed by atoms with van der Waals surface area (Å²) in [6.07, 6.45) is 0. The molecule has 12 heavy (non-hydrogen) atoms. The van der Waals surface area contributed by atoms with E-state index in [4.69, 9.17) is 10.3 Å². The summed E-state index contributed by atoms with van der Waals surface area (Å²) in [6.45, 7) is 0. The van der Waals surface area contributed by atoms with Gasteiger partial charge in [0.2, 0.25) is 0 Å². The van der Waals surface area contributed by atoms with Crippen LogP contribution in [-0.2, 0) is 16.8 Å². The van der Waals surface area contributed by atoms with Crippen molar-refractivity contribution in [2.24, 2.45) is 0 Å². The number of nitrogens with two attached hydrogens (primary N) is 1. The number of nitrogen functional groups attached to an aromatic ring is 1. The van der Waals surface area contributed by atoms with Crippen molar-refractivity contribution >= 4 is 16.8 Å². The summed E-state index contributed by atoms with van der Waals surface area (Å²) in [6, 6.07) is 6.96. The Morgan fingerprint density at radius 2 is 2.25 bits per heavy atom. The average molecular weight is 195 g/mol. The Balaban J connectivity index is 0. The molecule has 62 valence electrons.